The topological polar surface area (TPSA) is 26.3 Å². The molecule has 0 radical (unpaired) electrons. The van der Waals surface area contributed by atoms with Gasteiger partial charge in [0, 0.05) is 6.42 Å². The Labute approximate surface area is 102 Å². The van der Waals surface area contributed by atoms with Gasteiger partial charge in [-0.15, -0.1) is 0 Å². The molecule has 2 nitrogen and oxygen atoms in total. The third-order valence-corrected chi connectivity index (χ3v) is 3.24. The fraction of sp³-hybridized carbons (Fsp3) is 0.923. The molecule has 16 heavy (non-hydrogen) atoms. The molecule has 0 aliphatic carbocycles. The van der Waals surface area contributed by atoms with E-state index < -0.39 is 8.32 Å². The van der Waals surface area contributed by atoms with Gasteiger partial charge in [0.1, 0.15) is 0 Å². The van der Waals surface area contributed by atoms with Gasteiger partial charge in [0.2, 0.25) is 8.32 Å². The Morgan fingerprint density at radius 1 is 0.938 bits per heavy atom. The lowest BCUT2D eigenvalue weighted by atomic mass is 10.1. The third-order valence-electron chi connectivity index (χ3n) is 2.40. The van der Waals surface area contributed by atoms with Gasteiger partial charge in [-0.05, 0) is 26.1 Å². The number of unbranched alkanes of at least 4 members (excludes halogenated alkanes) is 6. The minimum absolute atomic E-state index is 0.00715. The number of rotatable bonds is 9. The molecular formula is C13H28O2Si. The van der Waals surface area contributed by atoms with Crippen LogP contribution in [0.25, 0.3) is 0 Å². The second kappa shape index (κ2) is 8.80. The van der Waals surface area contributed by atoms with Crippen molar-refractivity contribution in [1.29, 1.82) is 0 Å². The maximum Gasteiger partial charge on any atom is 0.292 e. The van der Waals surface area contributed by atoms with E-state index in [0.29, 0.717) is 6.42 Å². The van der Waals surface area contributed by atoms with Crippen molar-refractivity contribution in [2.75, 3.05) is 0 Å². The summed E-state index contributed by atoms with van der Waals surface area (Å²) in [6.45, 7) is 8.38. The lowest BCUT2D eigenvalue weighted by Crippen LogP contribution is -2.28. The summed E-state index contributed by atoms with van der Waals surface area (Å²) in [6.07, 6.45) is 9.34. The Kier molecular flexibility index (Phi) is 8.62. The normalized spacial score (nSPS) is 11.5. The minimum Gasteiger partial charge on any atom is -0.520 e. The first kappa shape index (κ1) is 15.7. The molecule has 0 N–H and O–H groups in total. The summed E-state index contributed by atoms with van der Waals surface area (Å²) in [6, 6.07) is 0. The Hall–Kier alpha value is -0.313. The highest BCUT2D eigenvalue weighted by Gasteiger charge is 2.19. The molecule has 96 valence electrons. The van der Waals surface area contributed by atoms with E-state index in [1.807, 2.05) is 0 Å². The van der Waals surface area contributed by atoms with E-state index in [2.05, 4.69) is 26.6 Å². The van der Waals surface area contributed by atoms with Gasteiger partial charge in [-0.25, -0.2) is 0 Å². The summed E-state index contributed by atoms with van der Waals surface area (Å²) >= 11 is 0. The van der Waals surface area contributed by atoms with E-state index in [9.17, 15) is 4.79 Å². The average Bonchev–Trinajstić information content (AvgIpc) is 2.13. The van der Waals surface area contributed by atoms with Gasteiger partial charge in [0.05, 0.1) is 0 Å². The van der Waals surface area contributed by atoms with Gasteiger partial charge in [-0.2, -0.15) is 0 Å². The van der Waals surface area contributed by atoms with Crippen molar-refractivity contribution < 1.29 is 9.22 Å². The molecule has 0 aromatic carbocycles. The predicted molar refractivity (Wildman–Crippen MR) is 72.0 cm³/mol. The van der Waals surface area contributed by atoms with Crippen LogP contribution in [-0.2, 0) is 9.22 Å². The molecule has 0 amide bonds. The Morgan fingerprint density at radius 2 is 1.44 bits per heavy atom. The van der Waals surface area contributed by atoms with Crippen LogP contribution in [0.3, 0.4) is 0 Å². The lowest BCUT2D eigenvalue weighted by Gasteiger charge is -2.17. The van der Waals surface area contributed by atoms with Crippen LogP contribution in [-0.4, -0.2) is 14.3 Å². The summed E-state index contributed by atoms with van der Waals surface area (Å²) in [5, 5.41) is 0. The quantitative estimate of drug-likeness (QED) is 0.441. The zero-order chi connectivity index (χ0) is 12.4. The van der Waals surface area contributed by atoms with Crippen molar-refractivity contribution in [3.63, 3.8) is 0 Å². The monoisotopic (exact) mass is 244 g/mol. The van der Waals surface area contributed by atoms with Gasteiger partial charge in [-0.1, -0.05) is 45.4 Å². The fourth-order valence-electron chi connectivity index (χ4n) is 1.62. The van der Waals surface area contributed by atoms with Crippen LogP contribution in [0, 0.1) is 0 Å². The SMILES string of the molecule is CCCCCCCCCC(=O)O[Si](C)(C)C. The van der Waals surface area contributed by atoms with Crippen molar-refractivity contribution in [1.82, 2.24) is 0 Å². The third kappa shape index (κ3) is 11.8. The zero-order valence-corrected chi connectivity index (χ0v) is 12.5. The summed E-state index contributed by atoms with van der Waals surface area (Å²) in [5.41, 5.74) is 0. The molecule has 0 aromatic heterocycles. The van der Waals surface area contributed by atoms with E-state index in [-0.39, 0.29) is 5.97 Å². The van der Waals surface area contributed by atoms with Crippen LogP contribution in [0.15, 0.2) is 0 Å². The molecule has 0 heterocycles. The molecule has 0 spiro atoms. The largest absolute Gasteiger partial charge is 0.520 e. The molecule has 0 aliphatic heterocycles. The number of carbonyl (C=O) groups is 1. The second-order valence-corrected chi connectivity index (χ2v) is 9.89. The molecule has 0 rings (SSSR count). The maximum atomic E-state index is 11.4. The van der Waals surface area contributed by atoms with E-state index in [1.54, 1.807) is 0 Å². The van der Waals surface area contributed by atoms with Crippen molar-refractivity contribution in [3.05, 3.63) is 0 Å². The summed E-state index contributed by atoms with van der Waals surface area (Å²) < 4.78 is 5.38. The number of carbonyl (C=O) groups excluding carboxylic acids is 1. The summed E-state index contributed by atoms with van der Waals surface area (Å²) in [5.74, 6) is 0.00715. The maximum absolute atomic E-state index is 11.4. The molecule has 3 heteroatoms. The predicted octanol–water partition coefficient (Wildman–Crippen LogP) is 4.51. The molecule has 0 fully saturated rings. The van der Waals surface area contributed by atoms with Crippen molar-refractivity contribution in [3.8, 4) is 0 Å². The molecule has 0 atom stereocenters. The minimum atomic E-state index is -1.66. The van der Waals surface area contributed by atoms with E-state index in [1.165, 1.54) is 38.5 Å². The number of hydrogen-bond donors (Lipinski definition) is 0. The average molecular weight is 244 g/mol. The van der Waals surface area contributed by atoms with Gasteiger partial charge >= 0.3 is 0 Å². The summed E-state index contributed by atoms with van der Waals surface area (Å²) in [4.78, 5) is 11.4. The molecule has 0 bridgehead atoms. The van der Waals surface area contributed by atoms with E-state index >= 15 is 0 Å². The van der Waals surface area contributed by atoms with Crippen molar-refractivity contribution in [2.45, 2.75) is 77.9 Å². The second-order valence-electron chi connectivity index (χ2n) is 5.46. The lowest BCUT2D eigenvalue weighted by molar-refractivity contribution is -0.135. The van der Waals surface area contributed by atoms with Crippen LogP contribution in [0.5, 0.6) is 0 Å². The van der Waals surface area contributed by atoms with Crippen LogP contribution >= 0.6 is 0 Å². The van der Waals surface area contributed by atoms with Crippen LogP contribution < -0.4 is 0 Å². The standard InChI is InChI=1S/C13H28O2Si/c1-5-6-7-8-9-10-11-12-13(14)15-16(2,3)4/h5-12H2,1-4H3. The zero-order valence-electron chi connectivity index (χ0n) is 11.5. The van der Waals surface area contributed by atoms with Gasteiger partial charge in [-0.3, -0.25) is 4.79 Å². The summed E-state index contributed by atoms with van der Waals surface area (Å²) in [7, 11) is -1.66. The molecule has 0 aromatic rings. The molecule has 0 saturated carbocycles. The first-order valence-corrected chi connectivity index (χ1v) is 10.1. The smallest absolute Gasteiger partial charge is 0.292 e. The highest BCUT2D eigenvalue weighted by molar-refractivity contribution is 6.71. The Morgan fingerprint density at radius 3 is 1.94 bits per heavy atom. The molecule has 0 aliphatic rings. The van der Waals surface area contributed by atoms with Crippen LogP contribution in [0.1, 0.15) is 58.3 Å². The van der Waals surface area contributed by atoms with Crippen molar-refractivity contribution in [2.24, 2.45) is 0 Å². The van der Waals surface area contributed by atoms with Crippen LogP contribution in [0.2, 0.25) is 19.6 Å². The van der Waals surface area contributed by atoms with Gasteiger partial charge in [0.15, 0.2) is 0 Å². The van der Waals surface area contributed by atoms with E-state index in [0.717, 1.165) is 6.42 Å². The first-order chi connectivity index (χ1) is 7.45. The molecule has 0 unspecified atom stereocenters. The highest BCUT2D eigenvalue weighted by atomic mass is 28.4. The van der Waals surface area contributed by atoms with Gasteiger partial charge < -0.3 is 4.43 Å². The Balaban J connectivity index is 3.28. The Bertz CT molecular complexity index is 185. The van der Waals surface area contributed by atoms with E-state index in [4.69, 9.17) is 4.43 Å². The van der Waals surface area contributed by atoms with Gasteiger partial charge in [0.25, 0.3) is 5.97 Å². The first-order valence-electron chi connectivity index (χ1n) is 6.67. The fourth-order valence-corrected chi connectivity index (χ4v) is 2.40. The molecule has 0 saturated heterocycles. The van der Waals surface area contributed by atoms with Crippen molar-refractivity contribution >= 4 is 14.3 Å². The molecular weight excluding hydrogens is 216 g/mol. The van der Waals surface area contributed by atoms with Crippen LogP contribution in [0.4, 0.5) is 0 Å². The number of hydrogen-bond acceptors (Lipinski definition) is 2. The highest BCUT2D eigenvalue weighted by Crippen LogP contribution is 2.10.